The Kier molecular flexibility index (Phi) is 4.15. The summed E-state index contributed by atoms with van der Waals surface area (Å²) >= 11 is 5.90. The van der Waals surface area contributed by atoms with Crippen molar-refractivity contribution in [2.45, 2.75) is 38.5 Å². The van der Waals surface area contributed by atoms with Gasteiger partial charge in [-0.15, -0.1) is 0 Å². The van der Waals surface area contributed by atoms with E-state index in [0.717, 1.165) is 13.1 Å². The standard InChI is InChI=1S/C8H16ClN/c9-10-7-5-3-1-2-4-6-8-10/h1-8H2. The normalized spacial score (nSPS) is 24.9. The Hall–Kier alpha value is 0.250. The first-order chi connectivity index (χ1) is 4.89. The highest BCUT2D eigenvalue weighted by Gasteiger charge is 2.02. The second kappa shape index (κ2) is 4.97. The van der Waals surface area contributed by atoms with E-state index in [2.05, 4.69) is 0 Å². The Balaban J connectivity index is 2.15. The molecule has 0 unspecified atom stereocenters. The third kappa shape index (κ3) is 3.43. The molecule has 10 heavy (non-hydrogen) atoms. The number of rotatable bonds is 0. The molecule has 60 valence electrons. The highest BCUT2D eigenvalue weighted by Crippen LogP contribution is 2.11. The lowest BCUT2D eigenvalue weighted by atomic mass is 10.1. The summed E-state index contributed by atoms with van der Waals surface area (Å²) < 4.78 is 1.94. The summed E-state index contributed by atoms with van der Waals surface area (Å²) in [5, 5.41) is 0. The minimum Gasteiger partial charge on any atom is -0.220 e. The van der Waals surface area contributed by atoms with Gasteiger partial charge in [-0.25, -0.2) is 4.42 Å². The summed E-state index contributed by atoms with van der Waals surface area (Å²) in [5.41, 5.74) is 0. The number of hydrogen-bond donors (Lipinski definition) is 0. The average molecular weight is 162 g/mol. The molecule has 1 aliphatic heterocycles. The molecule has 1 rings (SSSR count). The lowest BCUT2D eigenvalue weighted by Crippen LogP contribution is -2.13. The third-order valence-corrected chi connectivity index (χ3v) is 2.39. The van der Waals surface area contributed by atoms with Gasteiger partial charge in [-0.3, -0.25) is 0 Å². The van der Waals surface area contributed by atoms with Crippen LogP contribution in [0.3, 0.4) is 0 Å². The quantitative estimate of drug-likeness (QED) is 0.494. The molecule has 0 radical (unpaired) electrons. The second-order valence-electron chi connectivity index (χ2n) is 3.03. The zero-order valence-electron chi connectivity index (χ0n) is 6.48. The summed E-state index contributed by atoms with van der Waals surface area (Å²) in [6, 6.07) is 0. The minimum absolute atomic E-state index is 1.08. The molecule has 0 spiro atoms. The lowest BCUT2D eigenvalue weighted by Gasteiger charge is -2.10. The molecule has 0 aromatic carbocycles. The van der Waals surface area contributed by atoms with Gasteiger partial charge < -0.3 is 0 Å². The van der Waals surface area contributed by atoms with Crippen molar-refractivity contribution in [3.05, 3.63) is 0 Å². The third-order valence-electron chi connectivity index (χ3n) is 2.05. The first kappa shape index (κ1) is 8.35. The van der Waals surface area contributed by atoms with Gasteiger partial charge in [0.1, 0.15) is 0 Å². The maximum atomic E-state index is 5.90. The van der Waals surface area contributed by atoms with Gasteiger partial charge in [0.15, 0.2) is 0 Å². The van der Waals surface area contributed by atoms with Crippen LogP contribution in [0.2, 0.25) is 0 Å². The first-order valence-corrected chi connectivity index (χ1v) is 4.64. The van der Waals surface area contributed by atoms with E-state index >= 15 is 0 Å². The Bertz CT molecular complexity index is 75.3. The van der Waals surface area contributed by atoms with Crippen LogP contribution < -0.4 is 0 Å². The van der Waals surface area contributed by atoms with E-state index in [1.807, 2.05) is 4.42 Å². The molecule has 0 saturated carbocycles. The van der Waals surface area contributed by atoms with Crippen LogP contribution in [0.25, 0.3) is 0 Å². The van der Waals surface area contributed by atoms with Crippen LogP contribution in [-0.2, 0) is 0 Å². The molecule has 1 heterocycles. The van der Waals surface area contributed by atoms with E-state index in [0.29, 0.717) is 0 Å². The molecular formula is C8H16ClN. The van der Waals surface area contributed by atoms with Crippen LogP contribution in [0, 0.1) is 0 Å². The van der Waals surface area contributed by atoms with Gasteiger partial charge in [-0.1, -0.05) is 25.7 Å². The topological polar surface area (TPSA) is 3.24 Å². The fourth-order valence-electron chi connectivity index (χ4n) is 1.39. The van der Waals surface area contributed by atoms with Crippen molar-refractivity contribution in [3.63, 3.8) is 0 Å². The van der Waals surface area contributed by atoms with Crippen molar-refractivity contribution in [2.24, 2.45) is 0 Å². The van der Waals surface area contributed by atoms with Gasteiger partial charge in [0.05, 0.1) is 0 Å². The van der Waals surface area contributed by atoms with Crippen LogP contribution in [0.4, 0.5) is 0 Å². The molecule has 1 aliphatic rings. The largest absolute Gasteiger partial charge is 0.220 e. The zero-order valence-corrected chi connectivity index (χ0v) is 7.24. The van der Waals surface area contributed by atoms with Gasteiger partial charge in [0.2, 0.25) is 0 Å². The van der Waals surface area contributed by atoms with E-state index in [-0.39, 0.29) is 0 Å². The summed E-state index contributed by atoms with van der Waals surface area (Å²) in [7, 11) is 0. The maximum Gasteiger partial charge on any atom is 0.0139 e. The molecule has 1 fully saturated rings. The maximum absolute atomic E-state index is 5.90. The van der Waals surface area contributed by atoms with Crippen molar-refractivity contribution in [2.75, 3.05) is 13.1 Å². The van der Waals surface area contributed by atoms with Gasteiger partial charge in [0.25, 0.3) is 0 Å². The molecule has 0 aliphatic carbocycles. The molecule has 2 heteroatoms. The van der Waals surface area contributed by atoms with Crippen LogP contribution in [0.5, 0.6) is 0 Å². The van der Waals surface area contributed by atoms with Crippen molar-refractivity contribution in [1.82, 2.24) is 4.42 Å². The molecule has 0 N–H and O–H groups in total. The minimum atomic E-state index is 1.08. The molecule has 0 atom stereocenters. The van der Waals surface area contributed by atoms with E-state index in [4.69, 9.17) is 11.8 Å². The van der Waals surface area contributed by atoms with Crippen molar-refractivity contribution < 1.29 is 0 Å². The molecular weight excluding hydrogens is 146 g/mol. The second-order valence-corrected chi connectivity index (χ2v) is 3.51. The van der Waals surface area contributed by atoms with E-state index < -0.39 is 0 Å². The van der Waals surface area contributed by atoms with Crippen LogP contribution >= 0.6 is 11.8 Å². The first-order valence-electron chi connectivity index (χ1n) is 4.30. The predicted octanol–water partition coefficient (Wildman–Crippen LogP) is 2.80. The van der Waals surface area contributed by atoms with Gasteiger partial charge in [-0.2, -0.15) is 0 Å². The highest BCUT2D eigenvalue weighted by atomic mass is 35.5. The highest BCUT2D eigenvalue weighted by molar-refractivity contribution is 6.13. The zero-order chi connectivity index (χ0) is 7.23. The Morgan fingerprint density at radius 1 is 0.700 bits per heavy atom. The fraction of sp³-hybridized carbons (Fsp3) is 1.00. The Morgan fingerprint density at radius 2 is 1.10 bits per heavy atom. The van der Waals surface area contributed by atoms with Gasteiger partial charge >= 0.3 is 0 Å². The average Bonchev–Trinajstić information content (AvgIpc) is 2.02. The number of hydrogen-bond acceptors (Lipinski definition) is 1. The fourth-order valence-corrected chi connectivity index (χ4v) is 1.62. The summed E-state index contributed by atoms with van der Waals surface area (Å²) in [6.07, 6.45) is 8.11. The summed E-state index contributed by atoms with van der Waals surface area (Å²) in [6.45, 7) is 2.17. The molecule has 0 aromatic rings. The SMILES string of the molecule is ClN1CCCCCCCC1. The van der Waals surface area contributed by atoms with Crippen molar-refractivity contribution >= 4 is 11.8 Å². The van der Waals surface area contributed by atoms with Crippen molar-refractivity contribution in [3.8, 4) is 0 Å². The monoisotopic (exact) mass is 161 g/mol. The summed E-state index contributed by atoms with van der Waals surface area (Å²) in [5.74, 6) is 0. The van der Waals surface area contributed by atoms with Crippen LogP contribution in [0.1, 0.15) is 38.5 Å². The Morgan fingerprint density at radius 3 is 1.60 bits per heavy atom. The van der Waals surface area contributed by atoms with Crippen LogP contribution in [0.15, 0.2) is 0 Å². The van der Waals surface area contributed by atoms with E-state index in [1.165, 1.54) is 38.5 Å². The summed E-state index contributed by atoms with van der Waals surface area (Å²) in [4.78, 5) is 0. The smallest absolute Gasteiger partial charge is 0.0139 e. The Labute approximate surface area is 68.5 Å². The molecule has 0 bridgehead atoms. The van der Waals surface area contributed by atoms with Gasteiger partial charge in [-0.05, 0) is 24.6 Å². The van der Waals surface area contributed by atoms with E-state index in [1.54, 1.807) is 0 Å². The molecule has 1 nitrogen and oxygen atoms in total. The molecule has 1 saturated heterocycles. The number of nitrogens with zero attached hydrogens (tertiary/aromatic N) is 1. The van der Waals surface area contributed by atoms with Crippen LogP contribution in [-0.4, -0.2) is 17.5 Å². The molecule has 0 amide bonds. The predicted molar refractivity (Wildman–Crippen MR) is 45.1 cm³/mol. The molecule has 0 aromatic heterocycles. The van der Waals surface area contributed by atoms with Gasteiger partial charge in [0, 0.05) is 13.1 Å². The van der Waals surface area contributed by atoms with E-state index in [9.17, 15) is 0 Å². The number of halogens is 1. The van der Waals surface area contributed by atoms with Crippen molar-refractivity contribution in [1.29, 1.82) is 0 Å². The lowest BCUT2D eigenvalue weighted by molar-refractivity contribution is 0.439.